The van der Waals surface area contributed by atoms with Gasteiger partial charge in [0.2, 0.25) is 0 Å². The lowest BCUT2D eigenvalue weighted by Gasteiger charge is -2.19. The molecule has 0 radical (unpaired) electrons. The quantitative estimate of drug-likeness (QED) is 0.209. The van der Waals surface area contributed by atoms with Gasteiger partial charge in [-0.15, -0.1) is 0 Å². The lowest BCUT2D eigenvalue weighted by atomic mass is 9.85. The van der Waals surface area contributed by atoms with Crippen molar-refractivity contribution >= 4 is 0 Å². The summed E-state index contributed by atoms with van der Waals surface area (Å²) in [6.45, 7) is 3.29. The third-order valence-electron chi connectivity index (χ3n) is 4.93. The zero-order valence-corrected chi connectivity index (χ0v) is 16.7. The van der Waals surface area contributed by atoms with Crippen LogP contribution in [0.3, 0.4) is 0 Å². The number of hydrogen-bond donors (Lipinski definition) is 0. The van der Waals surface area contributed by atoms with Crippen molar-refractivity contribution in [2.24, 2.45) is 0 Å². The maximum Gasteiger partial charge on any atom is 0.189 e. The third kappa shape index (κ3) is 5.97. The predicted molar refractivity (Wildman–Crippen MR) is 116 cm³/mol. The largest absolute Gasteiger partial charge is 0.468 e. The molecule has 0 aliphatic carbocycles. The van der Waals surface area contributed by atoms with Gasteiger partial charge in [0.1, 0.15) is 5.75 Å². The molecule has 2 heteroatoms. The van der Waals surface area contributed by atoms with Crippen molar-refractivity contribution in [2.45, 2.75) is 38.5 Å². The average molecular weight is 375 g/mol. The second kappa shape index (κ2) is 11.3. The van der Waals surface area contributed by atoms with E-state index in [0.29, 0.717) is 6.79 Å². The summed E-state index contributed by atoms with van der Waals surface area (Å²) in [7, 11) is 0. The fourth-order valence-electron chi connectivity index (χ4n) is 3.42. The van der Waals surface area contributed by atoms with E-state index in [-0.39, 0.29) is 5.92 Å². The molecule has 3 aromatic carbocycles. The number of hydrogen-bond acceptors (Lipinski definition) is 2. The molecule has 0 heterocycles. The third-order valence-corrected chi connectivity index (χ3v) is 4.93. The van der Waals surface area contributed by atoms with Crippen molar-refractivity contribution in [1.29, 1.82) is 0 Å². The number of ether oxygens (including phenoxy) is 2. The highest BCUT2D eigenvalue weighted by atomic mass is 16.7. The molecule has 0 atom stereocenters. The summed E-state index contributed by atoms with van der Waals surface area (Å²) in [6.07, 6.45) is 4.85. The lowest BCUT2D eigenvalue weighted by molar-refractivity contribution is 0.0135. The summed E-state index contributed by atoms with van der Waals surface area (Å²) in [5.41, 5.74) is 3.83. The fraction of sp³-hybridized carbons (Fsp3) is 0.308. The summed E-state index contributed by atoms with van der Waals surface area (Å²) in [6, 6.07) is 29.6. The first-order chi connectivity index (χ1) is 13.9. The van der Waals surface area contributed by atoms with Crippen molar-refractivity contribution < 1.29 is 9.47 Å². The van der Waals surface area contributed by atoms with Crippen molar-refractivity contribution in [2.75, 3.05) is 13.4 Å². The molecule has 146 valence electrons. The Hall–Kier alpha value is -2.58. The minimum atomic E-state index is 0.214. The smallest absolute Gasteiger partial charge is 0.189 e. The van der Waals surface area contributed by atoms with E-state index in [0.717, 1.165) is 18.8 Å². The van der Waals surface area contributed by atoms with Crippen LogP contribution in [-0.2, 0) is 4.74 Å². The van der Waals surface area contributed by atoms with Gasteiger partial charge in [-0.1, -0.05) is 99.0 Å². The normalized spacial score (nSPS) is 10.9. The van der Waals surface area contributed by atoms with Crippen LogP contribution in [0.4, 0.5) is 0 Å². The van der Waals surface area contributed by atoms with Crippen LogP contribution in [0, 0.1) is 0 Å². The molecule has 0 N–H and O–H groups in total. The van der Waals surface area contributed by atoms with Gasteiger partial charge in [-0.05, 0) is 35.2 Å². The van der Waals surface area contributed by atoms with Gasteiger partial charge in [0.15, 0.2) is 6.79 Å². The Morgan fingerprint density at radius 3 is 1.79 bits per heavy atom. The first-order valence-corrected chi connectivity index (χ1v) is 10.3. The SMILES string of the molecule is CCCCCCOCOc1ccc(C(c2ccccc2)c2ccccc2)cc1. The standard InChI is InChI=1S/C26H30O2/c1-2-3-4-11-20-27-21-28-25-18-16-24(17-19-25)26(22-12-7-5-8-13-22)23-14-9-6-10-15-23/h5-10,12-19,26H,2-4,11,20-21H2,1H3. The van der Waals surface area contributed by atoms with Crippen LogP contribution in [0.25, 0.3) is 0 Å². The monoisotopic (exact) mass is 374 g/mol. The highest BCUT2D eigenvalue weighted by Crippen LogP contribution is 2.32. The number of unbranched alkanes of at least 4 members (excludes halogenated alkanes) is 3. The molecule has 0 fully saturated rings. The Morgan fingerprint density at radius 1 is 0.643 bits per heavy atom. The van der Waals surface area contributed by atoms with Crippen LogP contribution in [-0.4, -0.2) is 13.4 Å². The van der Waals surface area contributed by atoms with Gasteiger partial charge >= 0.3 is 0 Å². The summed E-state index contributed by atoms with van der Waals surface area (Å²) in [5, 5.41) is 0. The van der Waals surface area contributed by atoms with E-state index in [4.69, 9.17) is 9.47 Å². The van der Waals surface area contributed by atoms with Gasteiger partial charge in [0.05, 0.1) is 6.61 Å². The Morgan fingerprint density at radius 2 is 1.21 bits per heavy atom. The highest BCUT2D eigenvalue weighted by Gasteiger charge is 2.16. The Kier molecular flexibility index (Phi) is 8.14. The topological polar surface area (TPSA) is 18.5 Å². The summed E-state index contributed by atoms with van der Waals surface area (Å²) in [4.78, 5) is 0. The molecule has 0 unspecified atom stereocenters. The van der Waals surface area contributed by atoms with Crippen LogP contribution in [0.2, 0.25) is 0 Å². The van der Waals surface area contributed by atoms with E-state index in [1.165, 1.54) is 36.0 Å². The zero-order valence-electron chi connectivity index (χ0n) is 16.7. The Bertz CT molecular complexity index is 742. The second-order valence-corrected chi connectivity index (χ2v) is 7.05. The van der Waals surface area contributed by atoms with Gasteiger partial charge in [0.25, 0.3) is 0 Å². The van der Waals surface area contributed by atoms with Gasteiger partial charge < -0.3 is 9.47 Å². The van der Waals surface area contributed by atoms with E-state index >= 15 is 0 Å². The molecule has 0 bridgehead atoms. The van der Waals surface area contributed by atoms with E-state index in [1.807, 2.05) is 12.1 Å². The fourth-order valence-corrected chi connectivity index (χ4v) is 3.42. The molecular weight excluding hydrogens is 344 g/mol. The van der Waals surface area contributed by atoms with E-state index < -0.39 is 0 Å². The minimum Gasteiger partial charge on any atom is -0.468 e. The summed E-state index contributed by atoms with van der Waals surface area (Å²) >= 11 is 0. The van der Waals surface area contributed by atoms with Crippen LogP contribution < -0.4 is 4.74 Å². The number of benzene rings is 3. The Labute approximate surface area is 169 Å². The molecule has 0 spiro atoms. The van der Waals surface area contributed by atoms with E-state index in [1.54, 1.807) is 0 Å². The molecule has 28 heavy (non-hydrogen) atoms. The van der Waals surface area contributed by atoms with Gasteiger partial charge in [-0.2, -0.15) is 0 Å². The molecule has 2 nitrogen and oxygen atoms in total. The molecule has 0 aliphatic heterocycles. The van der Waals surface area contributed by atoms with Crippen LogP contribution >= 0.6 is 0 Å². The molecular formula is C26H30O2. The van der Waals surface area contributed by atoms with E-state index in [2.05, 4.69) is 79.7 Å². The first kappa shape index (κ1) is 20.2. The second-order valence-electron chi connectivity index (χ2n) is 7.05. The average Bonchev–Trinajstić information content (AvgIpc) is 2.76. The summed E-state index contributed by atoms with van der Waals surface area (Å²) in [5.74, 6) is 1.06. The Balaban J connectivity index is 1.63. The van der Waals surface area contributed by atoms with Crippen LogP contribution in [0.15, 0.2) is 84.9 Å². The first-order valence-electron chi connectivity index (χ1n) is 10.3. The molecule has 0 saturated heterocycles. The van der Waals surface area contributed by atoms with Crippen LogP contribution in [0.1, 0.15) is 55.2 Å². The molecule has 0 aromatic heterocycles. The number of rotatable bonds is 11. The maximum absolute atomic E-state index is 5.74. The molecule has 3 rings (SSSR count). The zero-order chi connectivity index (χ0) is 19.4. The van der Waals surface area contributed by atoms with Crippen molar-refractivity contribution in [1.82, 2.24) is 0 Å². The van der Waals surface area contributed by atoms with Gasteiger partial charge in [-0.3, -0.25) is 0 Å². The molecule has 0 saturated carbocycles. The molecule has 0 aliphatic rings. The van der Waals surface area contributed by atoms with Crippen LogP contribution in [0.5, 0.6) is 5.75 Å². The van der Waals surface area contributed by atoms with Crippen molar-refractivity contribution in [3.8, 4) is 5.75 Å². The van der Waals surface area contributed by atoms with Gasteiger partial charge in [0, 0.05) is 5.92 Å². The lowest BCUT2D eigenvalue weighted by Crippen LogP contribution is -2.05. The maximum atomic E-state index is 5.74. The van der Waals surface area contributed by atoms with E-state index in [9.17, 15) is 0 Å². The molecule has 3 aromatic rings. The molecule has 0 amide bonds. The van der Waals surface area contributed by atoms with Gasteiger partial charge in [-0.25, -0.2) is 0 Å². The predicted octanol–water partition coefficient (Wildman–Crippen LogP) is 6.80. The summed E-state index contributed by atoms with van der Waals surface area (Å²) < 4.78 is 11.3. The van der Waals surface area contributed by atoms with Crippen molar-refractivity contribution in [3.05, 3.63) is 102 Å². The highest BCUT2D eigenvalue weighted by molar-refractivity contribution is 5.44. The minimum absolute atomic E-state index is 0.214. The van der Waals surface area contributed by atoms with Crippen molar-refractivity contribution in [3.63, 3.8) is 0 Å².